The maximum atomic E-state index is 12.1. The van der Waals surface area contributed by atoms with Gasteiger partial charge in [-0.25, -0.2) is 0 Å². The molecule has 6 nitrogen and oxygen atoms in total. The Morgan fingerprint density at radius 3 is 2.65 bits per heavy atom. The molecule has 0 spiro atoms. The van der Waals surface area contributed by atoms with E-state index in [0.717, 1.165) is 0 Å². The Morgan fingerprint density at radius 1 is 1.25 bits per heavy atom. The molecule has 0 unspecified atom stereocenters. The lowest BCUT2D eigenvalue weighted by Crippen LogP contribution is -2.44. The van der Waals surface area contributed by atoms with Crippen molar-refractivity contribution in [2.75, 3.05) is 19.8 Å². The monoisotopic (exact) mass is 278 g/mol. The minimum atomic E-state index is -0.587. The van der Waals surface area contributed by atoms with Gasteiger partial charge in [-0.05, 0) is 32.0 Å². The third-order valence-corrected chi connectivity index (χ3v) is 2.90. The van der Waals surface area contributed by atoms with E-state index in [-0.39, 0.29) is 11.8 Å². The van der Waals surface area contributed by atoms with Crippen molar-refractivity contribution in [3.8, 4) is 11.5 Å². The zero-order valence-electron chi connectivity index (χ0n) is 11.6. The fourth-order valence-corrected chi connectivity index (χ4v) is 1.86. The highest BCUT2D eigenvalue weighted by molar-refractivity contribution is 5.97. The first kappa shape index (κ1) is 14.2. The first-order valence-electron chi connectivity index (χ1n) is 6.60. The van der Waals surface area contributed by atoms with Gasteiger partial charge < -0.3 is 20.1 Å². The summed E-state index contributed by atoms with van der Waals surface area (Å²) in [6.45, 7) is 4.97. The number of nitrogens with one attached hydrogen (secondary N) is 2. The van der Waals surface area contributed by atoms with Gasteiger partial charge in [0.05, 0.1) is 0 Å². The lowest BCUT2D eigenvalue weighted by molar-refractivity contribution is -0.122. The highest BCUT2D eigenvalue weighted by Crippen LogP contribution is 2.30. The van der Waals surface area contributed by atoms with E-state index in [4.69, 9.17) is 9.47 Å². The second kappa shape index (κ2) is 6.27. The quantitative estimate of drug-likeness (QED) is 0.850. The van der Waals surface area contributed by atoms with E-state index in [0.29, 0.717) is 36.8 Å². The van der Waals surface area contributed by atoms with Crippen LogP contribution in [-0.4, -0.2) is 37.6 Å². The zero-order chi connectivity index (χ0) is 14.5. The van der Waals surface area contributed by atoms with E-state index in [9.17, 15) is 9.59 Å². The zero-order valence-corrected chi connectivity index (χ0v) is 11.6. The molecular formula is C14H18N2O4. The number of benzene rings is 1. The summed E-state index contributed by atoms with van der Waals surface area (Å²) in [5.74, 6) is 0.651. The van der Waals surface area contributed by atoms with Gasteiger partial charge in [0, 0.05) is 12.1 Å². The molecule has 0 saturated carbocycles. The molecule has 1 heterocycles. The average molecular weight is 278 g/mol. The van der Waals surface area contributed by atoms with Gasteiger partial charge >= 0.3 is 0 Å². The van der Waals surface area contributed by atoms with Gasteiger partial charge in [0.25, 0.3) is 5.91 Å². The Kier molecular flexibility index (Phi) is 4.45. The predicted molar refractivity (Wildman–Crippen MR) is 73.0 cm³/mol. The maximum absolute atomic E-state index is 12.1. The first-order chi connectivity index (χ1) is 9.61. The van der Waals surface area contributed by atoms with Crippen LogP contribution in [0.5, 0.6) is 11.5 Å². The Morgan fingerprint density at radius 2 is 1.95 bits per heavy atom. The number of carbonyl (C=O) groups is 2. The van der Waals surface area contributed by atoms with Gasteiger partial charge in [0.1, 0.15) is 19.3 Å². The minimum absolute atomic E-state index is 0.210. The molecule has 0 aromatic heterocycles. The highest BCUT2D eigenvalue weighted by atomic mass is 16.6. The van der Waals surface area contributed by atoms with Crippen molar-refractivity contribution in [2.45, 2.75) is 19.9 Å². The van der Waals surface area contributed by atoms with Gasteiger partial charge in [-0.3, -0.25) is 9.59 Å². The molecule has 1 aromatic carbocycles. The number of ether oxygens (including phenoxy) is 2. The molecule has 1 aliphatic rings. The Hall–Kier alpha value is -2.24. The van der Waals surface area contributed by atoms with Crippen LogP contribution in [0.1, 0.15) is 24.2 Å². The molecular weight excluding hydrogens is 260 g/mol. The first-order valence-corrected chi connectivity index (χ1v) is 6.60. The molecule has 2 N–H and O–H groups in total. The molecule has 20 heavy (non-hydrogen) atoms. The summed E-state index contributed by atoms with van der Waals surface area (Å²) in [4.78, 5) is 23.6. The molecule has 0 radical (unpaired) electrons. The topological polar surface area (TPSA) is 76.7 Å². The summed E-state index contributed by atoms with van der Waals surface area (Å²) in [6, 6.07) is 4.37. The van der Waals surface area contributed by atoms with Crippen LogP contribution in [0.25, 0.3) is 0 Å². The number of likely N-dealkylation sites (N-methyl/N-ethyl adjacent to an activating group) is 1. The van der Waals surface area contributed by atoms with E-state index in [1.165, 1.54) is 0 Å². The van der Waals surface area contributed by atoms with Crippen LogP contribution >= 0.6 is 0 Å². The number of hydrogen-bond acceptors (Lipinski definition) is 4. The largest absolute Gasteiger partial charge is 0.486 e. The molecule has 0 bridgehead atoms. The van der Waals surface area contributed by atoms with Crippen molar-refractivity contribution in [1.29, 1.82) is 0 Å². The highest BCUT2D eigenvalue weighted by Gasteiger charge is 2.18. The summed E-state index contributed by atoms with van der Waals surface area (Å²) in [5.41, 5.74) is 0.436. The van der Waals surface area contributed by atoms with Crippen molar-refractivity contribution in [3.05, 3.63) is 23.8 Å². The molecule has 108 valence electrons. The number of carbonyl (C=O) groups excluding carboxylic acids is 2. The molecule has 1 atom stereocenters. The van der Waals surface area contributed by atoms with Crippen molar-refractivity contribution >= 4 is 11.8 Å². The van der Waals surface area contributed by atoms with E-state index >= 15 is 0 Å². The van der Waals surface area contributed by atoms with Crippen molar-refractivity contribution in [3.63, 3.8) is 0 Å². The lowest BCUT2D eigenvalue weighted by atomic mass is 10.1. The lowest BCUT2D eigenvalue weighted by Gasteiger charge is -2.19. The summed E-state index contributed by atoms with van der Waals surface area (Å²) in [6.07, 6.45) is 0. The Bertz CT molecular complexity index is 516. The van der Waals surface area contributed by atoms with Gasteiger partial charge in [-0.2, -0.15) is 0 Å². The summed E-state index contributed by atoms with van der Waals surface area (Å²) in [7, 11) is 0. The molecule has 2 rings (SSSR count). The van der Waals surface area contributed by atoms with Crippen LogP contribution in [0.3, 0.4) is 0 Å². The second-order valence-corrected chi connectivity index (χ2v) is 4.45. The van der Waals surface area contributed by atoms with E-state index in [2.05, 4.69) is 10.6 Å². The van der Waals surface area contributed by atoms with Crippen LogP contribution in [0.15, 0.2) is 18.2 Å². The van der Waals surface area contributed by atoms with Crippen molar-refractivity contribution < 1.29 is 19.1 Å². The molecule has 1 aliphatic heterocycles. The third kappa shape index (κ3) is 3.20. The van der Waals surface area contributed by atoms with E-state index in [1.54, 1.807) is 25.1 Å². The molecule has 0 aliphatic carbocycles. The van der Waals surface area contributed by atoms with Gasteiger partial charge in [0.15, 0.2) is 11.5 Å². The summed E-state index contributed by atoms with van der Waals surface area (Å²) < 4.78 is 10.8. The average Bonchev–Trinajstić information content (AvgIpc) is 2.46. The van der Waals surface area contributed by atoms with E-state index < -0.39 is 6.04 Å². The minimum Gasteiger partial charge on any atom is -0.486 e. The summed E-state index contributed by atoms with van der Waals surface area (Å²) >= 11 is 0. The normalized spacial score (nSPS) is 14.3. The predicted octanol–water partition coefficient (Wildman–Crippen LogP) is 0.712. The smallest absolute Gasteiger partial charge is 0.252 e. The number of hydrogen-bond donors (Lipinski definition) is 2. The van der Waals surface area contributed by atoms with Gasteiger partial charge in [-0.15, -0.1) is 0 Å². The molecule has 6 heteroatoms. The van der Waals surface area contributed by atoms with Crippen LogP contribution in [0.2, 0.25) is 0 Å². The van der Waals surface area contributed by atoms with E-state index in [1.807, 2.05) is 6.92 Å². The van der Waals surface area contributed by atoms with Crippen molar-refractivity contribution in [1.82, 2.24) is 10.6 Å². The number of amides is 2. The number of rotatable bonds is 4. The van der Waals surface area contributed by atoms with Gasteiger partial charge in [-0.1, -0.05) is 0 Å². The van der Waals surface area contributed by atoms with Crippen LogP contribution in [-0.2, 0) is 4.79 Å². The number of fused-ring (bicyclic) bond motifs is 1. The molecule has 2 amide bonds. The van der Waals surface area contributed by atoms with Gasteiger partial charge in [0.2, 0.25) is 5.91 Å². The fraction of sp³-hybridized carbons (Fsp3) is 0.429. The van der Waals surface area contributed by atoms with Crippen LogP contribution < -0.4 is 20.1 Å². The van der Waals surface area contributed by atoms with Crippen LogP contribution in [0.4, 0.5) is 0 Å². The maximum Gasteiger partial charge on any atom is 0.252 e. The second-order valence-electron chi connectivity index (χ2n) is 4.45. The standard InChI is InChI=1S/C14H18N2O4/c1-3-15-13(17)9(2)16-14(18)10-4-5-11-12(8-10)20-7-6-19-11/h4-5,8-9H,3,6-7H2,1-2H3,(H,15,17)(H,16,18)/t9-/m0/s1. The molecule has 1 aromatic rings. The molecule has 0 saturated heterocycles. The SMILES string of the molecule is CCNC(=O)[C@H](C)NC(=O)c1ccc2c(c1)OCCO2. The fourth-order valence-electron chi connectivity index (χ4n) is 1.86. The Labute approximate surface area is 117 Å². The Balaban J connectivity index is 2.04. The third-order valence-electron chi connectivity index (χ3n) is 2.90. The van der Waals surface area contributed by atoms with Crippen LogP contribution in [0, 0.1) is 0 Å². The molecule has 0 fully saturated rings. The van der Waals surface area contributed by atoms with Crippen molar-refractivity contribution in [2.24, 2.45) is 0 Å². The summed E-state index contributed by atoms with van der Waals surface area (Å²) in [5, 5.41) is 5.29.